The molecule has 1 atom stereocenters. The number of rotatable bonds is 5. The molecule has 0 aliphatic carbocycles. The Hall–Kier alpha value is -0.960. The van der Waals surface area contributed by atoms with Gasteiger partial charge in [0.1, 0.15) is 0 Å². The highest BCUT2D eigenvalue weighted by Crippen LogP contribution is 2.21. The van der Waals surface area contributed by atoms with E-state index < -0.39 is 5.97 Å². The van der Waals surface area contributed by atoms with E-state index in [2.05, 4.69) is 32.0 Å². The molecule has 0 heterocycles. The van der Waals surface area contributed by atoms with Gasteiger partial charge in [-0.25, -0.2) is 0 Å². The van der Waals surface area contributed by atoms with Crippen molar-refractivity contribution in [3.8, 4) is 0 Å². The van der Waals surface area contributed by atoms with Crippen LogP contribution < -0.4 is 0 Å². The molecule has 0 aromatic heterocycles. The summed E-state index contributed by atoms with van der Waals surface area (Å²) in [6, 6.07) is 6.41. The summed E-state index contributed by atoms with van der Waals surface area (Å²) < 4.78 is 0. The van der Waals surface area contributed by atoms with Crippen LogP contribution in [0.25, 0.3) is 0 Å². The van der Waals surface area contributed by atoms with E-state index in [0.29, 0.717) is 0 Å². The highest BCUT2D eigenvalue weighted by molar-refractivity contribution is 7.99. The average molecular weight is 238 g/mol. The van der Waals surface area contributed by atoms with E-state index in [-0.39, 0.29) is 11.7 Å². The Morgan fingerprint density at radius 2 is 2.06 bits per heavy atom. The smallest absolute Gasteiger partial charge is 0.304 e. The lowest BCUT2D eigenvalue weighted by atomic mass is 10.1. The first kappa shape index (κ1) is 13.1. The highest BCUT2D eigenvalue weighted by atomic mass is 32.2. The van der Waals surface area contributed by atoms with Crippen LogP contribution in [0, 0.1) is 13.8 Å². The van der Waals surface area contributed by atoms with Crippen LogP contribution in [0.1, 0.15) is 30.0 Å². The van der Waals surface area contributed by atoms with Crippen LogP contribution in [0.3, 0.4) is 0 Å². The molecule has 0 radical (unpaired) electrons. The zero-order valence-electron chi connectivity index (χ0n) is 9.99. The van der Waals surface area contributed by atoms with Crippen LogP contribution in [-0.4, -0.2) is 16.3 Å². The van der Waals surface area contributed by atoms with Crippen molar-refractivity contribution in [3.63, 3.8) is 0 Å². The van der Waals surface area contributed by atoms with Crippen LogP contribution in [-0.2, 0) is 10.5 Å². The first-order valence-electron chi connectivity index (χ1n) is 5.38. The molecule has 2 nitrogen and oxygen atoms in total. The van der Waals surface area contributed by atoms with E-state index in [1.165, 1.54) is 16.7 Å². The minimum absolute atomic E-state index is 0.166. The first-order valence-corrected chi connectivity index (χ1v) is 6.43. The second kappa shape index (κ2) is 5.94. The minimum Gasteiger partial charge on any atom is -0.481 e. The summed E-state index contributed by atoms with van der Waals surface area (Å²) in [4.78, 5) is 10.5. The Labute approximate surface area is 101 Å². The lowest BCUT2D eigenvalue weighted by Crippen LogP contribution is -2.05. The van der Waals surface area contributed by atoms with Crippen molar-refractivity contribution in [2.24, 2.45) is 0 Å². The molecule has 1 aromatic rings. The second-order valence-corrected chi connectivity index (χ2v) is 5.56. The van der Waals surface area contributed by atoms with Gasteiger partial charge in [-0.15, -0.1) is 0 Å². The summed E-state index contributed by atoms with van der Waals surface area (Å²) in [5, 5.41) is 8.81. The maximum absolute atomic E-state index is 10.5. The molecule has 0 amide bonds. The Balaban J connectivity index is 2.48. The maximum Gasteiger partial charge on any atom is 0.304 e. The highest BCUT2D eigenvalue weighted by Gasteiger charge is 2.08. The monoisotopic (exact) mass is 238 g/mol. The van der Waals surface area contributed by atoms with Gasteiger partial charge in [-0.3, -0.25) is 4.79 Å². The molecule has 3 heteroatoms. The number of thioether (sulfide) groups is 1. The van der Waals surface area contributed by atoms with E-state index in [1.54, 1.807) is 11.8 Å². The molecule has 88 valence electrons. The third-order valence-corrected chi connectivity index (χ3v) is 3.80. The molecule has 0 saturated heterocycles. The van der Waals surface area contributed by atoms with Crippen molar-refractivity contribution in [1.82, 2.24) is 0 Å². The predicted molar refractivity (Wildman–Crippen MR) is 68.9 cm³/mol. The van der Waals surface area contributed by atoms with Gasteiger partial charge in [0.15, 0.2) is 0 Å². The number of carboxylic acid groups (broad SMARTS) is 1. The molecule has 1 rings (SSSR count). The fraction of sp³-hybridized carbons (Fsp3) is 0.462. The average Bonchev–Trinajstić information content (AvgIpc) is 2.19. The minimum atomic E-state index is -0.722. The molecule has 1 aromatic carbocycles. The molecule has 1 N–H and O–H groups in total. The molecule has 0 aliphatic rings. The van der Waals surface area contributed by atoms with Gasteiger partial charge in [0.25, 0.3) is 0 Å². The molecule has 0 bridgehead atoms. The van der Waals surface area contributed by atoms with Gasteiger partial charge in [-0.1, -0.05) is 25.1 Å². The van der Waals surface area contributed by atoms with Crippen molar-refractivity contribution in [1.29, 1.82) is 0 Å². The molecule has 0 saturated carbocycles. The Morgan fingerprint density at radius 1 is 1.38 bits per heavy atom. The summed E-state index contributed by atoms with van der Waals surface area (Å²) >= 11 is 1.69. The van der Waals surface area contributed by atoms with Crippen LogP contribution in [0.2, 0.25) is 0 Å². The summed E-state index contributed by atoms with van der Waals surface area (Å²) in [6.45, 7) is 6.16. The quantitative estimate of drug-likeness (QED) is 0.854. The molecule has 0 aliphatic heterocycles. The topological polar surface area (TPSA) is 37.3 Å². The van der Waals surface area contributed by atoms with Gasteiger partial charge < -0.3 is 5.11 Å². The largest absolute Gasteiger partial charge is 0.481 e. The zero-order valence-corrected chi connectivity index (χ0v) is 10.8. The fourth-order valence-electron chi connectivity index (χ4n) is 1.44. The fourth-order valence-corrected chi connectivity index (χ4v) is 2.35. The zero-order chi connectivity index (χ0) is 12.1. The van der Waals surface area contributed by atoms with Crippen molar-refractivity contribution >= 4 is 17.7 Å². The Morgan fingerprint density at radius 3 is 2.62 bits per heavy atom. The summed E-state index contributed by atoms with van der Waals surface area (Å²) in [6.07, 6.45) is 0.232. The number of benzene rings is 1. The molecular weight excluding hydrogens is 220 g/mol. The molecular formula is C13H18O2S. The van der Waals surface area contributed by atoms with E-state index in [0.717, 1.165) is 5.75 Å². The van der Waals surface area contributed by atoms with Gasteiger partial charge in [-0.2, -0.15) is 11.8 Å². The third kappa shape index (κ3) is 4.27. The van der Waals surface area contributed by atoms with E-state index in [1.807, 2.05) is 6.92 Å². The lowest BCUT2D eigenvalue weighted by molar-refractivity contribution is -0.136. The van der Waals surface area contributed by atoms with Gasteiger partial charge in [0.05, 0.1) is 6.42 Å². The van der Waals surface area contributed by atoms with Gasteiger partial charge in [0.2, 0.25) is 0 Å². The predicted octanol–water partition coefficient (Wildman–Crippen LogP) is 3.40. The van der Waals surface area contributed by atoms with E-state index in [4.69, 9.17) is 5.11 Å². The van der Waals surface area contributed by atoms with Crippen LogP contribution in [0.15, 0.2) is 18.2 Å². The number of hydrogen-bond acceptors (Lipinski definition) is 2. The summed E-state index contributed by atoms with van der Waals surface area (Å²) in [5.41, 5.74) is 3.86. The summed E-state index contributed by atoms with van der Waals surface area (Å²) in [7, 11) is 0. The Bertz CT molecular complexity index is 374. The number of carboxylic acids is 1. The Kier molecular flexibility index (Phi) is 4.87. The maximum atomic E-state index is 10.5. The number of carbonyl (C=O) groups is 1. The molecule has 1 unspecified atom stereocenters. The molecule has 0 spiro atoms. The van der Waals surface area contributed by atoms with Crippen LogP contribution >= 0.6 is 11.8 Å². The van der Waals surface area contributed by atoms with Crippen LogP contribution in [0.4, 0.5) is 0 Å². The molecule has 16 heavy (non-hydrogen) atoms. The van der Waals surface area contributed by atoms with Gasteiger partial charge in [0, 0.05) is 11.0 Å². The van der Waals surface area contributed by atoms with Gasteiger partial charge in [-0.05, 0) is 30.5 Å². The van der Waals surface area contributed by atoms with E-state index in [9.17, 15) is 4.79 Å². The molecule has 0 fully saturated rings. The van der Waals surface area contributed by atoms with Crippen molar-refractivity contribution in [2.75, 3.05) is 0 Å². The van der Waals surface area contributed by atoms with Crippen molar-refractivity contribution < 1.29 is 9.90 Å². The SMILES string of the molecule is Cc1ccc(CSC(C)CC(=O)O)cc1C. The van der Waals surface area contributed by atoms with Gasteiger partial charge >= 0.3 is 5.97 Å². The van der Waals surface area contributed by atoms with Crippen molar-refractivity contribution in [2.45, 2.75) is 38.2 Å². The summed E-state index contributed by atoms with van der Waals surface area (Å²) in [5.74, 6) is 0.162. The lowest BCUT2D eigenvalue weighted by Gasteiger charge is -2.09. The third-order valence-electron chi connectivity index (χ3n) is 2.57. The number of hydrogen-bond donors (Lipinski definition) is 1. The normalized spacial score (nSPS) is 12.4. The van der Waals surface area contributed by atoms with Crippen molar-refractivity contribution in [3.05, 3.63) is 34.9 Å². The number of aryl methyl sites for hydroxylation is 2. The standard InChI is InChI=1S/C13H18O2S/c1-9-4-5-12(6-10(9)2)8-16-11(3)7-13(14)15/h4-6,11H,7-8H2,1-3H3,(H,14,15). The number of aliphatic carboxylic acids is 1. The second-order valence-electron chi connectivity index (χ2n) is 4.14. The van der Waals surface area contributed by atoms with Crippen LogP contribution in [0.5, 0.6) is 0 Å². The van der Waals surface area contributed by atoms with E-state index >= 15 is 0 Å². The first-order chi connectivity index (χ1) is 7.49.